The molecule has 1 aromatic carbocycles. The van der Waals surface area contributed by atoms with Crippen LogP contribution in [0.4, 0.5) is 4.39 Å². The van der Waals surface area contributed by atoms with Gasteiger partial charge in [-0.1, -0.05) is 0 Å². The van der Waals surface area contributed by atoms with E-state index in [4.69, 9.17) is 0 Å². The van der Waals surface area contributed by atoms with Crippen LogP contribution in [0.25, 0.3) is 11.0 Å². The number of likely N-dealkylation sites (tertiary alicyclic amines) is 1. The monoisotopic (exact) mass is 305 g/mol. The zero-order valence-electron chi connectivity index (χ0n) is 12.6. The van der Waals surface area contributed by atoms with Crippen LogP contribution in [0.15, 0.2) is 18.2 Å². The number of hydrogen-bond donors (Lipinski definition) is 1. The van der Waals surface area contributed by atoms with Crippen LogP contribution in [-0.2, 0) is 9.53 Å². The van der Waals surface area contributed by atoms with Crippen molar-refractivity contribution < 1.29 is 13.9 Å². The van der Waals surface area contributed by atoms with Crippen molar-refractivity contribution in [2.75, 3.05) is 20.2 Å². The maximum Gasteiger partial charge on any atom is 0.305 e. The lowest BCUT2D eigenvalue weighted by atomic mass is 10.2. The molecule has 1 aliphatic rings. The van der Waals surface area contributed by atoms with Gasteiger partial charge in [0.25, 0.3) is 0 Å². The summed E-state index contributed by atoms with van der Waals surface area (Å²) in [6.07, 6.45) is 3.35. The minimum Gasteiger partial charge on any atom is -0.469 e. The van der Waals surface area contributed by atoms with Gasteiger partial charge in [-0.15, -0.1) is 0 Å². The molecule has 1 N–H and O–H groups in total. The summed E-state index contributed by atoms with van der Waals surface area (Å²) in [5.74, 6) is 0.454. The van der Waals surface area contributed by atoms with Gasteiger partial charge in [-0.25, -0.2) is 9.37 Å². The van der Waals surface area contributed by atoms with Crippen LogP contribution in [0, 0.1) is 5.82 Å². The van der Waals surface area contributed by atoms with Crippen molar-refractivity contribution in [3.63, 3.8) is 0 Å². The Morgan fingerprint density at radius 3 is 3.23 bits per heavy atom. The number of nitrogens with one attached hydrogen (secondary N) is 1. The van der Waals surface area contributed by atoms with Gasteiger partial charge in [0, 0.05) is 6.42 Å². The van der Waals surface area contributed by atoms with Gasteiger partial charge in [0.1, 0.15) is 11.6 Å². The Hall–Kier alpha value is -1.95. The number of aromatic nitrogens is 2. The number of nitrogens with zero attached hydrogens (tertiary/aromatic N) is 2. The molecule has 118 valence electrons. The van der Waals surface area contributed by atoms with Crippen molar-refractivity contribution in [1.29, 1.82) is 0 Å². The molecule has 2 aromatic rings. The van der Waals surface area contributed by atoms with Crippen LogP contribution in [0.3, 0.4) is 0 Å². The number of aromatic amines is 1. The summed E-state index contributed by atoms with van der Waals surface area (Å²) in [5.41, 5.74) is 1.52. The first kappa shape index (κ1) is 15.0. The van der Waals surface area contributed by atoms with Crippen molar-refractivity contribution in [1.82, 2.24) is 14.9 Å². The lowest BCUT2D eigenvalue weighted by molar-refractivity contribution is -0.140. The van der Waals surface area contributed by atoms with E-state index >= 15 is 0 Å². The lowest BCUT2D eigenvalue weighted by Crippen LogP contribution is -2.25. The molecule has 0 radical (unpaired) electrons. The van der Waals surface area contributed by atoms with E-state index < -0.39 is 0 Å². The largest absolute Gasteiger partial charge is 0.469 e. The Morgan fingerprint density at radius 1 is 1.55 bits per heavy atom. The number of fused-ring (bicyclic) bond motifs is 1. The molecule has 22 heavy (non-hydrogen) atoms. The molecule has 0 amide bonds. The van der Waals surface area contributed by atoms with Crippen molar-refractivity contribution in [3.05, 3.63) is 29.8 Å². The predicted octanol–water partition coefficient (Wildman–Crippen LogP) is 2.79. The molecule has 0 bridgehead atoms. The number of esters is 1. The number of hydrogen-bond acceptors (Lipinski definition) is 4. The highest BCUT2D eigenvalue weighted by Gasteiger charge is 2.28. The molecule has 5 nitrogen and oxygen atoms in total. The van der Waals surface area contributed by atoms with Gasteiger partial charge < -0.3 is 9.72 Å². The molecule has 1 atom stereocenters. The molecule has 1 aliphatic heterocycles. The number of carbonyl (C=O) groups is 1. The van der Waals surface area contributed by atoms with E-state index in [-0.39, 0.29) is 17.8 Å². The topological polar surface area (TPSA) is 58.2 Å². The Morgan fingerprint density at radius 2 is 2.41 bits per heavy atom. The number of benzene rings is 1. The van der Waals surface area contributed by atoms with Crippen LogP contribution < -0.4 is 0 Å². The van der Waals surface area contributed by atoms with Gasteiger partial charge in [-0.2, -0.15) is 0 Å². The standard InChI is InChI=1S/C16H20FN3O2/c1-22-15(21)5-3-9-20-8-2-4-14(20)16-18-12-7-6-11(17)10-13(12)19-16/h6-7,10,14H,2-5,8-9H2,1H3,(H,18,19)/t14-/m0/s1. The third-order valence-corrected chi connectivity index (χ3v) is 4.20. The van der Waals surface area contributed by atoms with Crippen molar-refractivity contribution in [2.45, 2.75) is 31.7 Å². The molecular formula is C16H20FN3O2. The first-order valence-corrected chi connectivity index (χ1v) is 7.63. The first-order valence-electron chi connectivity index (χ1n) is 7.63. The highest BCUT2D eigenvalue weighted by molar-refractivity contribution is 5.75. The zero-order chi connectivity index (χ0) is 15.5. The van der Waals surface area contributed by atoms with Crippen molar-refractivity contribution in [3.8, 4) is 0 Å². The third kappa shape index (κ3) is 3.11. The van der Waals surface area contributed by atoms with E-state index in [0.29, 0.717) is 6.42 Å². The van der Waals surface area contributed by atoms with E-state index in [1.165, 1.54) is 19.2 Å². The number of methoxy groups -OCH3 is 1. The molecular weight excluding hydrogens is 285 g/mol. The molecule has 3 rings (SSSR count). The third-order valence-electron chi connectivity index (χ3n) is 4.20. The van der Waals surface area contributed by atoms with E-state index in [9.17, 15) is 9.18 Å². The Labute approximate surface area is 128 Å². The Balaban J connectivity index is 1.69. The van der Waals surface area contributed by atoms with Crippen LogP contribution >= 0.6 is 0 Å². The number of halogens is 1. The smallest absolute Gasteiger partial charge is 0.305 e. The SMILES string of the molecule is COC(=O)CCCN1CCC[C@H]1c1nc2ccc(F)cc2[nH]1. The Bertz CT molecular complexity index is 670. The number of ether oxygens (including phenoxy) is 1. The van der Waals surface area contributed by atoms with Crippen molar-refractivity contribution in [2.24, 2.45) is 0 Å². The van der Waals surface area contributed by atoms with Gasteiger partial charge in [0.15, 0.2) is 0 Å². The number of rotatable bonds is 5. The molecule has 0 spiro atoms. The summed E-state index contributed by atoms with van der Waals surface area (Å²) in [5, 5.41) is 0. The lowest BCUT2D eigenvalue weighted by Gasteiger charge is -2.22. The van der Waals surface area contributed by atoms with E-state index in [0.717, 1.165) is 49.2 Å². The zero-order valence-corrected chi connectivity index (χ0v) is 12.6. The Kier molecular flexibility index (Phi) is 4.38. The second-order valence-corrected chi connectivity index (χ2v) is 5.66. The van der Waals surface area contributed by atoms with Crippen molar-refractivity contribution >= 4 is 17.0 Å². The summed E-state index contributed by atoms with van der Waals surface area (Å²) >= 11 is 0. The normalized spacial score (nSPS) is 18.9. The minimum absolute atomic E-state index is 0.171. The van der Waals surface area contributed by atoms with E-state index in [1.807, 2.05) is 0 Å². The van der Waals surface area contributed by atoms with Gasteiger partial charge in [-0.3, -0.25) is 9.69 Å². The minimum atomic E-state index is -0.260. The fraction of sp³-hybridized carbons (Fsp3) is 0.500. The average Bonchev–Trinajstić information content (AvgIpc) is 3.12. The van der Waals surface area contributed by atoms with E-state index in [1.54, 1.807) is 6.07 Å². The highest BCUT2D eigenvalue weighted by atomic mass is 19.1. The van der Waals surface area contributed by atoms with Crippen LogP contribution in [0.1, 0.15) is 37.5 Å². The van der Waals surface area contributed by atoms with Gasteiger partial charge in [0.2, 0.25) is 0 Å². The maximum absolute atomic E-state index is 13.3. The second kappa shape index (κ2) is 6.44. The van der Waals surface area contributed by atoms with Crippen LogP contribution in [0.2, 0.25) is 0 Å². The fourth-order valence-corrected chi connectivity index (χ4v) is 3.09. The predicted molar refractivity (Wildman–Crippen MR) is 80.8 cm³/mol. The fourth-order valence-electron chi connectivity index (χ4n) is 3.09. The van der Waals surface area contributed by atoms with E-state index in [2.05, 4.69) is 19.6 Å². The molecule has 1 aromatic heterocycles. The first-order chi connectivity index (χ1) is 10.7. The summed E-state index contributed by atoms with van der Waals surface area (Å²) in [6, 6.07) is 4.81. The van der Waals surface area contributed by atoms with Crippen LogP contribution in [-0.4, -0.2) is 41.0 Å². The average molecular weight is 305 g/mol. The van der Waals surface area contributed by atoms with Gasteiger partial charge >= 0.3 is 5.97 Å². The maximum atomic E-state index is 13.3. The summed E-state index contributed by atoms with van der Waals surface area (Å²) in [6.45, 7) is 1.84. The van der Waals surface area contributed by atoms with Gasteiger partial charge in [0.05, 0.1) is 24.2 Å². The summed E-state index contributed by atoms with van der Waals surface area (Å²) in [7, 11) is 1.41. The summed E-state index contributed by atoms with van der Waals surface area (Å²) in [4.78, 5) is 21.3. The molecule has 6 heteroatoms. The summed E-state index contributed by atoms with van der Waals surface area (Å²) < 4.78 is 17.9. The second-order valence-electron chi connectivity index (χ2n) is 5.66. The number of carbonyl (C=O) groups excluding carboxylic acids is 1. The number of H-pyrrole nitrogens is 1. The van der Waals surface area contributed by atoms with Crippen LogP contribution in [0.5, 0.6) is 0 Å². The molecule has 1 saturated heterocycles. The highest BCUT2D eigenvalue weighted by Crippen LogP contribution is 2.31. The van der Waals surface area contributed by atoms with Gasteiger partial charge in [-0.05, 0) is 50.6 Å². The quantitative estimate of drug-likeness (QED) is 0.863. The molecule has 0 saturated carbocycles. The molecule has 2 heterocycles. The molecule has 0 unspecified atom stereocenters. The molecule has 1 fully saturated rings. The number of imidazole rings is 1. The molecule has 0 aliphatic carbocycles.